The fourth-order valence-electron chi connectivity index (χ4n) is 6.50. The van der Waals surface area contributed by atoms with Gasteiger partial charge in [-0.1, -0.05) is 75.4 Å². The maximum atomic E-state index is 13.6. The van der Waals surface area contributed by atoms with Crippen molar-refractivity contribution in [3.63, 3.8) is 0 Å². The van der Waals surface area contributed by atoms with E-state index in [0.29, 0.717) is 11.6 Å². The minimum atomic E-state index is 0.127. The van der Waals surface area contributed by atoms with Crippen molar-refractivity contribution < 1.29 is 9.53 Å². The molecule has 2 aliphatic rings. The topological polar surface area (TPSA) is 29.5 Å². The quantitative estimate of drug-likeness (QED) is 0.435. The van der Waals surface area contributed by atoms with Crippen LogP contribution in [-0.2, 0) is 0 Å². The molecule has 0 aromatic heterocycles. The standard InChI is InChI=1S/C30H33NO2/c1-29(2)17-23-18-30(3,19-29)20-31(23)28(32)22-14-15-26(27(16-22)33-4)25-13-9-8-12-24(25)21-10-6-5-7-11-21/h5-16,23H,17-20H2,1-4H3/t23-,30-/m1/s1. The van der Waals surface area contributed by atoms with E-state index in [2.05, 4.69) is 68.1 Å². The predicted molar refractivity (Wildman–Crippen MR) is 134 cm³/mol. The van der Waals surface area contributed by atoms with Crippen LogP contribution in [0.4, 0.5) is 0 Å². The summed E-state index contributed by atoms with van der Waals surface area (Å²) in [6.07, 6.45) is 3.37. The van der Waals surface area contributed by atoms with Crippen molar-refractivity contribution in [1.82, 2.24) is 4.90 Å². The monoisotopic (exact) mass is 439 g/mol. The van der Waals surface area contributed by atoms with E-state index in [0.717, 1.165) is 47.4 Å². The highest BCUT2D eigenvalue weighted by Gasteiger charge is 2.51. The van der Waals surface area contributed by atoms with Crippen LogP contribution in [0.1, 0.15) is 50.4 Å². The number of likely N-dealkylation sites (tertiary alicyclic amines) is 1. The van der Waals surface area contributed by atoms with Crippen molar-refractivity contribution in [1.29, 1.82) is 0 Å². The van der Waals surface area contributed by atoms with Gasteiger partial charge >= 0.3 is 0 Å². The first kappa shape index (κ1) is 21.8. The van der Waals surface area contributed by atoms with Gasteiger partial charge in [-0.3, -0.25) is 4.79 Å². The molecule has 0 spiro atoms. The summed E-state index contributed by atoms with van der Waals surface area (Å²) in [5, 5.41) is 0. The number of rotatable bonds is 4. The number of amides is 1. The van der Waals surface area contributed by atoms with Gasteiger partial charge < -0.3 is 9.64 Å². The summed E-state index contributed by atoms with van der Waals surface area (Å²) in [4.78, 5) is 15.7. The molecule has 3 aromatic rings. The predicted octanol–water partition coefficient (Wildman–Crippen LogP) is 7.07. The Labute approximate surface area is 197 Å². The zero-order valence-corrected chi connectivity index (χ0v) is 20.1. The van der Waals surface area contributed by atoms with E-state index in [1.807, 2.05) is 30.3 Å². The lowest BCUT2D eigenvalue weighted by molar-refractivity contribution is 0.0708. The number of methoxy groups -OCH3 is 1. The molecule has 33 heavy (non-hydrogen) atoms. The van der Waals surface area contributed by atoms with Crippen molar-refractivity contribution in [3.8, 4) is 28.0 Å². The maximum absolute atomic E-state index is 13.6. The first-order valence-corrected chi connectivity index (χ1v) is 11.9. The van der Waals surface area contributed by atoms with Gasteiger partial charge in [-0.05, 0) is 65.0 Å². The molecule has 2 fully saturated rings. The molecule has 5 rings (SSSR count). The largest absolute Gasteiger partial charge is 0.496 e. The number of carbonyl (C=O) groups excluding carboxylic acids is 1. The SMILES string of the molecule is COc1cc(C(=O)N2C[C@]3(C)C[C@H]2CC(C)(C)C3)ccc1-c1ccccc1-c1ccccc1. The second-order valence-electron chi connectivity index (χ2n) is 11.0. The highest BCUT2D eigenvalue weighted by atomic mass is 16.5. The fraction of sp³-hybridized carbons (Fsp3) is 0.367. The third-order valence-electron chi connectivity index (χ3n) is 7.43. The Kier molecular flexibility index (Phi) is 5.31. The Morgan fingerprint density at radius 2 is 1.58 bits per heavy atom. The van der Waals surface area contributed by atoms with Crippen molar-refractivity contribution >= 4 is 5.91 Å². The molecule has 0 N–H and O–H groups in total. The van der Waals surface area contributed by atoms with Crippen LogP contribution in [0.2, 0.25) is 0 Å². The Balaban J connectivity index is 1.49. The Morgan fingerprint density at radius 1 is 0.879 bits per heavy atom. The van der Waals surface area contributed by atoms with E-state index >= 15 is 0 Å². The molecule has 1 amide bonds. The number of nitrogens with zero attached hydrogens (tertiary/aromatic N) is 1. The Morgan fingerprint density at radius 3 is 2.30 bits per heavy atom. The molecule has 2 atom stereocenters. The molecule has 1 aliphatic carbocycles. The lowest BCUT2D eigenvalue weighted by atomic mass is 9.65. The molecule has 1 saturated carbocycles. The third-order valence-corrected chi connectivity index (χ3v) is 7.43. The maximum Gasteiger partial charge on any atom is 0.254 e. The molecule has 0 unspecified atom stereocenters. The zero-order chi connectivity index (χ0) is 23.2. The van der Waals surface area contributed by atoms with Gasteiger partial charge in [0.1, 0.15) is 5.75 Å². The number of carbonyl (C=O) groups is 1. The number of hydrogen-bond acceptors (Lipinski definition) is 2. The summed E-state index contributed by atoms with van der Waals surface area (Å²) in [6, 6.07) is 25.0. The lowest BCUT2D eigenvalue weighted by Gasteiger charge is -2.39. The molecule has 1 aliphatic heterocycles. The van der Waals surface area contributed by atoms with Crippen LogP contribution >= 0.6 is 0 Å². The van der Waals surface area contributed by atoms with Gasteiger partial charge in [0.15, 0.2) is 0 Å². The number of fused-ring (bicyclic) bond motifs is 2. The minimum absolute atomic E-state index is 0.127. The van der Waals surface area contributed by atoms with Crippen molar-refractivity contribution in [2.45, 2.75) is 46.1 Å². The summed E-state index contributed by atoms with van der Waals surface area (Å²) in [5.41, 5.74) is 5.64. The molecule has 3 aromatic carbocycles. The molecular weight excluding hydrogens is 406 g/mol. The average Bonchev–Trinajstić information content (AvgIpc) is 3.07. The summed E-state index contributed by atoms with van der Waals surface area (Å²) in [5.74, 6) is 0.862. The third kappa shape index (κ3) is 4.06. The summed E-state index contributed by atoms with van der Waals surface area (Å²) >= 11 is 0. The zero-order valence-electron chi connectivity index (χ0n) is 20.1. The number of hydrogen-bond donors (Lipinski definition) is 0. The minimum Gasteiger partial charge on any atom is -0.496 e. The van der Waals surface area contributed by atoms with E-state index in [9.17, 15) is 4.79 Å². The summed E-state index contributed by atoms with van der Waals surface area (Å²) in [7, 11) is 1.69. The van der Waals surface area contributed by atoms with Gasteiger partial charge in [0.2, 0.25) is 0 Å². The normalized spacial score (nSPS) is 23.4. The number of benzene rings is 3. The second-order valence-corrected chi connectivity index (χ2v) is 11.0. The first-order valence-electron chi connectivity index (χ1n) is 11.9. The van der Waals surface area contributed by atoms with Crippen LogP contribution in [0.3, 0.4) is 0 Å². The highest BCUT2D eigenvalue weighted by Crippen LogP contribution is 2.52. The van der Waals surface area contributed by atoms with E-state index in [1.54, 1.807) is 7.11 Å². The van der Waals surface area contributed by atoms with Gasteiger partial charge in [0, 0.05) is 23.7 Å². The molecule has 170 valence electrons. The van der Waals surface area contributed by atoms with Gasteiger partial charge in [-0.15, -0.1) is 0 Å². The van der Waals surface area contributed by atoms with E-state index in [1.165, 1.54) is 6.42 Å². The van der Waals surface area contributed by atoms with Gasteiger partial charge in [0.05, 0.1) is 7.11 Å². The van der Waals surface area contributed by atoms with Gasteiger partial charge in [-0.25, -0.2) is 0 Å². The molecule has 1 saturated heterocycles. The Hall–Kier alpha value is -3.07. The highest BCUT2D eigenvalue weighted by molar-refractivity contribution is 5.97. The second kappa shape index (κ2) is 8.06. The molecular formula is C30H33NO2. The van der Waals surface area contributed by atoms with E-state index in [-0.39, 0.29) is 16.7 Å². The molecule has 1 heterocycles. The number of ether oxygens (including phenoxy) is 1. The van der Waals surface area contributed by atoms with Gasteiger partial charge in [-0.2, -0.15) is 0 Å². The fourth-order valence-corrected chi connectivity index (χ4v) is 6.50. The molecule has 2 bridgehead atoms. The average molecular weight is 440 g/mol. The van der Waals surface area contributed by atoms with Crippen molar-refractivity contribution in [2.75, 3.05) is 13.7 Å². The first-order chi connectivity index (χ1) is 15.8. The summed E-state index contributed by atoms with van der Waals surface area (Å²) in [6.45, 7) is 7.88. The summed E-state index contributed by atoms with van der Waals surface area (Å²) < 4.78 is 5.81. The van der Waals surface area contributed by atoms with Crippen LogP contribution < -0.4 is 4.74 Å². The molecule has 3 heteroatoms. The smallest absolute Gasteiger partial charge is 0.254 e. The Bertz CT molecular complexity index is 1180. The van der Waals surface area contributed by atoms with Crippen molar-refractivity contribution in [3.05, 3.63) is 78.4 Å². The van der Waals surface area contributed by atoms with Crippen LogP contribution in [0.15, 0.2) is 72.8 Å². The van der Waals surface area contributed by atoms with Crippen LogP contribution in [0, 0.1) is 10.8 Å². The molecule has 0 radical (unpaired) electrons. The van der Waals surface area contributed by atoms with Gasteiger partial charge in [0.25, 0.3) is 5.91 Å². The van der Waals surface area contributed by atoms with Crippen molar-refractivity contribution in [2.24, 2.45) is 10.8 Å². The molecule has 3 nitrogen and oxygen atoms in total. The van der Waals surface area contributed by atoms with E-state index < -0.39 is 0 Å². The lowest BCUT2D eigenvalue weighted by Crippen LogP contribution is -2.37. The van der Waals surface area contributed by atoms with Crippen LogP contribution in [-0.4, -0.2) is 30.5 Å². The van der Waals surface area contributed by atoms with Crippen LogP contribution in [0.25, 0.3) is 22.3 Å². The van der Waals surface area contributed by atoms with Crippen LogP contribution in [0.5, 0.6) is 5.75 Å². The van der Waals surface area contributed by atoms with E-state index in [4.69, 9.17) is 4.74 Å².